The molecule has 2 aromatic rings. The van der Waals surface area contributed by atoms with Gasteiger partial charge >= 0.3 is 0 Å². The third-order valence-electron chi connectivity index (χ3n) is 2.41. The Kier molecular flexibility index (Phi) is 4.04. The molecular weight excluding hydrogens is 276 g/mol. The summed E-state index contributed by atoms with van der Waals surface area (Å²) in [6.45, 7) is 2.04. The van der Waals surface area contributed by atoms with Gasteiger partial charge in [0.2, 0.25) is 0 Å². The molecule has 2 rings (SSSR count). The van der Waals surface area contributed by atoms with E-state index in [0.29, 0.717) is 16.1 Å². The zero-order chi connectivity index (χ0) is 13.1. The number of hydrogen-bond donors (Lipinski definition) is 0. The maximum Gasteiger partial charge on any atom is 0.137 e. The molecular formula is C13H10Cl2FNO. The summed E-state index contributed by atoms with van der Waals surface area (Å²) in [6, 6.07) is 7.74. The summed E-state index contributed by atoms with van der Waals surface area (Å²) < 4.78 is 18.5. The van der Waals surface area contributed by atoms with E-state index in [1.54, 1.807) is 25.1 Å². The quantitative estimate of drug-likeness (QED) is 0.779. The van der Waals surface area contributed by atoms with Crippen molar-refractivity contribution in [2.24, 2.45) is 0 Å². The number of pyridine rings is 1. The van der Waals surface area contributed by atoms with Crippen molar-refractivity contribution in [1.82, 2.24) is 4.98 Å². The molecule has 1 aromatic carbocycles. The smallest absolute Gasteiger partial charge is 0.137 e. The lowest BCUT2D eigenvalue weighted by molar-refractivity contribution is 0.303. The van der Waals surface area contributed by atoms with Gasteiger partial charge in [-0.15, -0.1) is 0 Å². The molecule has 0 unspecified atom stereocenters. The molecule has 1 heterocycles. The highest BCUT2D eigenvalue weighted by atomic mass is 35.5. The number of aryl methyl sites for hydroxylation is 1. The summed E-state index contributed by atoms with van der Waals surface area (Å²) in [5.41, 5.74) is 1.46. The first kappa shape index (κ1) is 13.1. The molecule has 0 radical (unpaired) electrons. The van der Waals surface area contributed by atoms with Crippen molar-refractivity contribution in [3.8, 4) is 5.75 Å². The van der Waals surface area contributed by atoms with Gasteiger partial charge in [-0.2, -0.15) is 0 Å². The number of benzene rings is 1. The minimum absolute atomic E-state index is 0.259. The first-order valence-electron chi connectivity index (χ1n) is 5.26. The fourth-order valence-corrected chi connectivity index (χ4v) is 1.88. The van der Waals surface area contributed by atoms with Crippen LogP contribution in [0, 0.1) is 12.7 Å². The molecule has 0 aliphatic heterocycles. The number of ether oxygens (including phenoxy) is 1. The molecule has 0 aliphatic rings. The fraction of sp³-hybridized carbons (Fsp3) is 0.154. The molecule has 0 fully saturated rings. The Morgan fingerprint density at radius 1 is 1.22 bits per heavy atom. The van der Waals surface area contributed by atoms with Crippen molar-refractivity contribution < 1.29 is 9.13 Å². The number of rotatable bonds is 3. The minimum Gasteiger partial charge on any atom is -0.489 e. The highest BCUT2D eigenvalue weighted by molar-refractivity contribution is 6.32. The number of halogens is 3. The molecule has 0 aliphatic carbocycles. The van der Waals surface area contributed by atoms with E-state index in [1.807, 2.05) is 0 Å². The lowest BCUT2D eigenvalue weighted by Crippen LogP contribution is -1.99. The standard InChI is InChI=1S/C13H10Cl2FNO/c1-8-6-10(16)3-4-11(8)18-7-9-2-5-12(14)17-13(9)15/h2-6H,7H2,1H3. The first-order chi connectivity index (χ1) is 8.56. The Morgan fingerprint density at radius 3 is 2.67 bits per heavy atom. The maximum absolute atomic E-state index is 12.9. The van der Waals surface area contributed by atoms with Crippen molar-refractivity contribution in [2.45, 2.75) is 13.5 Å². The molecule has 1 aromatic heterocycles. The number of aromatic nitrogens is 1. The van der Waals surface area contributed by atoms with Crippen molar-refractivity contribution in [2.75, 3.05) is 0 Å². The number of nitrogens with zero attached hydrogens (tertiary/aromatic N) is 1. The molecule has 18 heavy (non-hydrogen) atoms. The number of hydrogen-bond acceptors (Lipinski definition) is 2. The summed E-state index contributed by atoms with van der Waals surface area (Å²) in [4.78, 5) is 3.91. The van der Waals surface area contributed by atoms with Crippen LogP contribution in [0.5, 0.6) is 5.75 Å². The van der Waals surface area contributed by atoms with Crippen LogP contribution in [0.25, 0.3) is 0 Å². The van der Waals surface area contributed by atoms with Crippen LogP contribution in [0.15, 0.2) is 30.3 Å². The summed E-state index contributed by atoms with van der Waals surface area (Å²) in [5.74, 6) is 0.327. The zero-order valence-electron chi connectivity index (χ0n) is 9.58. The second-order valence-electron chi connectivity index (χ2n) is 3.78. The van der Waals surface area contributed by atoms with Gasteiger partial charge in [-0.05, 0) is 42.8 Å². The average Bonchev–Trinajstić information content (AvgIpc) is 2.30. The van der Waals surface area contributed by atoms with E-state index in [0.717, 1.165) is 11.1 Å². The van der Waals surface area contributed by atoms with Gasteiger partial charge in [0.05, 0.1) is 0 Å². The fourth-order valence-electron chi connectivity index (χ4n) is 1.48. The highest BCUT2D eigenvalue weighted by Crippen LogP contribution is 2.22. The molecule has 5 heteroatoms. The molecule has 0 atom stereocenters. The van der Waals surface area contributed by atoms with Gasteiger partial charge in [-0.3, -0.25) is 0 Å². The SMILES string of the molecule is Cc1cc(F)ccc1OCc1ccc(Cl)nc1Cl. The maximum atomic E-state index is 12.9. The van der Waals surface area contributed by atoms with Crippen molar-refractivity contribution in [1.29, 1.82) is 0 Å². The van der Waals surface area contributed by atoms with Gasteiger partial charge in [0, 0.05) is 5.56 Å². The van der Waals surface area contributed by atoms with Crippen LogP contribution in [-0.2, 0) is 6.61 Å². The topological polar surface area (TPSA) is 22.1 Å². The van der Waals surface area contributed by atoms with E-state index in [4.69, 9.17) is 27.9 Å². The monoisotopic (exact) mass is 285 g/mol. The van der Waals surface area contributed by atoms with Crippen LogP contribution in [0.3, 0.4) is 0 Å². The summed E-state index contributed by atoms with van der Waals surface area (Å²) >= 11 is 11.6. The Morgan fingerprint density at radius 2 is 2.00 bits per heavy atom. The van der Waals surface area contributed by atoms with Gasteiger partial charge in [-0.25, -0.2) is 9.37 Å². The lowest BCUT2D eigenvalue weighted by Gasteiger charge is -2.10. The second-order valence-corrected chi connectivity index (χ2v) is 4.53. The van der Waals surface area contributed by atoms with E-state index in [9.17, 15) is 4.39 Å². The molecule has 0 amide bonds. The van der Waals surface area contributed by atoms with Gasteiger partial charge in [0.1, 0.15) is 28.5 Å². The highest BCUT2D eigenvalue weighted by Gasteiger charge is 2.06. The Labute approximate surface area is 114 Å². The van der Waals surface area contributed by atoms with Crippen molar-refractivity contribution in [3.05, 3.63) is 57.6 Å². The van der Waals surface area contributed by atoms with Crippen LogP contribution >= 0.6 is 23.2 Å². The first-order valence-corrected chi connectivity index (χ1v) is 6.02. The molecule has 94 valence electrons. The van der Waals surface area contributed by atoms with E-state index in [-0.39, 0.29) is 12.4 Å². The second kappa shape index (κ2) is 5.55. The third kappa shape index (κ3) is 3.12. The predicted molar refractivity (Wildman–Crippen MR) is 69.7 cm³/mol. The Balaban J connectivity index is 2.11. The largest absolute Gasteiger partial charge is 0.489 e. The molecule has 0 saturated heterocycles. The predicted octanol–water partition coefficient (Wildman–Crippen LogP) is 4.41. The van der Waals surface area contributed by atoms with E-state index < -0.39 is 0 Å². The summed E-state index contributed by atoms with van der Waals surface area (Å²) in [5, 5.41) is 0.643. The van der Waals surface area contributed by atoms with E-state index in [1.165, 1.54) is 12.1 Å². The van der Waals surface area contributed by atoms with Gasteiger partial charge < -0.3 is 4.74 Å². The summed E-state index contributed by atoms with van der Waals surface area (Å²) in [6.07, 6.45) is 0. The van der Waals surface area contributed by atoms with Gasteiger partial charge in [0.25, 0.3) is 0 Å². The molecule has 0 saturated carbocycles. The Hall–Kier alpha value is -1.32. The van der Waals surface area contributed by atoms with Gasteiger partial charge in [0.15, 0.2) is 0 Å². The lowest BCUT2D eigenvalue weighted by atomic mass is 10.2. The normalized spacial score (nSPS) is 10.4. The van der Waals surface area contributed by atoms with Crippen molar-refractivity contribution >= 4 is 23.2 Å². The third-order valence-corrected chi connectivity index (χ3v) is 2.95. The van der Waals surface area contributed by atoms with Crippen LogP contribution in [0.2, 0.25) is 10.3 Å². The molecule has 0 spiro atoms. The molecule has 0 N–H and O–H groups in total. The summed E-state index contributed by atoms with van der Waals surface area (Å²) in [7, 11) is 0. The van der Waals surface area contributed by atoms with Gasteiger partial charge in [-0.1, -0.05) is 23.2 Å². The minimum atomic E-state index is -0.286. The average molecular weight is 286 g/mol. The molecule has 2 nitrogen and oxygen atoms in total. The van der Waals surface area contributed by atoms with Crippen LogP contribution in [0.4, 0.5) is 4.39 Å². The van der Waals surface area contributed by atoms with E-state index >= 15 is 0 Å². The van der Waals surface area contributed by atoms with Crippen molar-refractivity contribution in [3.63, 3.8) is 0 Å². The van der Waals surface area contributed by atoms with E-state index in [2.05, 4.69) is 4.98 Å². The molecule has 0 bridgehead atoms. The van der Waals surface area contributed by atoms with Crippen LogP contribution in [-0.4, -0.2) is 4.98 Å². The zero-order valence-corrected chi connectivity index (χ0v) is 11.1. The van der Waals surface area contributed by atoms with Crippen LogP contribution < -0.4 is 4.74 Å². The Bertz CT molecular complexity index is 523. The van der Waals surface area contributed by atoms with Crippen LogP contribution in [0.1, 0.15) is 11.1 Å².